The number of hydrogen-bond donors (Lipinski definition) is 0. The summed E-state index contributed by atoms with van der Waals surface area (Å²) in [6, 6.07) is -5.27. The first-order valence-corrected chi connectivity index (χ1v) is 4.39. The quantitative estimate of drug-likeness (QED) is 0.564. The van der Waals surface area contributed by atoms with Gasteiger partial charge in [0.2, 0.25) is 0 Å². The van der Waals surface area contributed by atoms with E-state index < -0.39 is 23.5 Å². The fourth-order valence-corrected chi connectivity index (χ4v) is 1.12. The Morgan fingerprint density at radius 3 is 2.25 bits per heavy atom. The summed E-state index contributed by atoms with van der Waals surface area (Å²) < 4.78 is 74.5. The Morgan fingerprint density at radius 2 is 1.81 bits per heavy atom. The van der Waals surface area contributed by atoms with Crippen LogP contribution in [0, 0.1) is 0 Å². The standard InChI is InChI=1S/C7H9F6N3/c1-2-3-16-5(8)15(4-14-16)7(12,13)6(9,10)11/h4-5H,2-3H2,1H3. The van der Waals surface area contributed by atoms with Crippen LogP contribution in [0.3, 0.4) is 0 Å². The summed E-state index contributed by atoms with van der Waals surface area (Å²) in [6.07, 6.45) is -7.90. The summed E-state index contributed by atoms with van der Waals surface area (Å²) in [4.78, 5) is -0.747. The van der Waals surface area contributed by atoms with Gasteiger partial charge in [-0.15, -0.1) is 0 Å². The van der Waals surface area contributed by atoms with Gasteiger partial charge in [0.25, 0.3) is 6.42 Å². The third-order valence-corrected chi connectivity index (χ3v) is 1.92. The minimum absolute atomic E-state index is 0.0396. The number of halogens is 6. The molecule has 0 amide bonds. The van der Waals surface area contributed by atoms with Gasteiger partial charge in [0.05, 0.1) is 0 Å². The molecule has 1 atom stereocenters. The lowest BCUT2D eigenvalue weighted by Gasteiger charge is -2.31. The van der Waals surface area contributed by atoms with Crippen LogP contribution >= 0.6 is 0 Å². The van der Waals surface area contributed by atoms with Gasteiger partial charge in [-0.1, -0.05) is 6.92 Å². The molecule has 1 unspecified atom stereocenters. The topological polar surface area (TPSA) is 18.8 Å². The van der Waals surface area contributed by atoms with Crippen LogP contribution < -0.4 is 0 Å². The Bertz CT molecular complexity index is 276. The number of nitrogens with zero attached hydrogens (tertiary/aromatic N) is 3. The van der Waals surface area contributed by atoms with Crippen LogP contribution in [-0.2, 0) is 0 Å². The second-order valence-corrected chi connectivity index (χ2v) is 3.15. The third kappa shape index (κ3) is 2.03. The van der Waals surface area contributed by atoms with Crippen molar-refractivity contribution in [2.45, 2.75) is 32.0 Å². The summed E-state index contributed by atoms with van der Waals surface area (Å²) in [6.45, 7) is 1.58. The molecule has 0 aromatic rings. The fraction of sp³-hybridized carbons (Fsp3) is 0.857. The molecule has 0 aromatic heterocycles. The van der Waals surface area contributed by atoms with Crippen molar-refractivity contribution in [1.29, 1.82) is 0 Å². The van der Waals surface area contributed by atoms with Crippen molar-refractivity contribution < 1.29 is 26.3 Å². The van der Waals surface area contributed by atoms with E-state index in [-0.39, 0.29) is 12.9 Å². The van der Waals surface area contributed by atoms with Gasteiger partial charge in [0.1, 0.15) is 6.34 Å². The van der Waals surface area contributed by atoms with Crippen molar-refractivity contribution in [3.05, 3.63) is 0 Å². The van der Waals surface area contributed by atoms with Crippen LogP contribution in [0.5, 0.6) is 0 Å². The minimum atomic E-state index is -5.84. The van der Waals surface area contributed by atoms with Crippen molar-refractivity contribution in [2.24, 2.45) is 5.10 Å². The lowest BCUT2D eigenvalue weighted by Crippen LogP contribution is -2.55. The molecule has 0 saturated carbocycles. The molecule has 1 rings (SSSR count). The van der Waals surface area contributed by atoms with Crippen molar-refractivity contribution in [1.82, 2.24) is 9.91 Å². The smallest absolute Gasteiger partial charge is 0.245 e. The van der Waals surface area contributed by atoms with E-state index in [1.165, 1.54) is 0 Å². The molecule has 0 spiro atoms. The van der Waals surface area contributed by atoms with E-state index in [0.29, 0.717) is 11.4 Å². The van der Waals surface area contributed by atoms with E-state index in [2.05, 4.69) is 5.10 Å². The van der Waals surface area contributed by atoms with Gasteiger partial charge in [-0.2, -0.15) is 31.4 Å². The summed E-state index contributed by atoms with van der Waals surface area (Å²) in [5, 5.41) is 3.67. The highest BCUT2D eigenvalue weighted by molar-refractivity contribution is 5.57. The molecule has 0 saturated heterocycles. The maximum Gasteiger partial charge on any atom is 0.475 e. The van der Waals surface area contributed by atoms with E-state index in [4.69, 9.17) is 0 Å². The lowest BCUT2D eigenvalue weighted by molar-refractivity contribution is -0.341. The van der Waals surface area contributed by atoms with E-state index in [0.717, 1.165) is 0 Å². The molecular formula is C7H9F6N3. The Kier molecular flexibility index (Phi) is 3.25. The van der Waals surface area contributed by atoms with Crippen LogP contribution in [0.1, 0.15) is 13.3 Å². The van der Waals surface area contributed by atoms with E-state index in [1.807, 2.05) is 0 Å². The number of alkyl halides is 6. The molecule has 1 heterocycles. The van der Waals surface area contributed by atoms with Crippen molar-refractivity contribution in [2.75, 3.05) is 6.54 Å². The zero-order valence-electron chi connectivity index (χ0n) is 8.18. The van der Waals surface area contributed by atoms with Gasteiger partial charge in [-0.05, 0) is 6.42 Å². The Hall–Kier alpha value is -1.15. The van der Waals surface area contributed by atoms with Crippen molar-refractivity contribution in [3.63, 3.8) is 0 Å². The summed E-state index contributed by atoms with van der Waals surface area (Å²) in [5.41, 5.74) is 0. The molecule has 0 bridgehead atoms. The van der Waals surface area contributed by atoms with E-state index in [1.54, 1.807) is 6.92 Å². The average molecular weight is 249 g/mol. The van der Waals surface area contributed by atoms with Crippen LogP contribution in [0.2, 0.25) is 0 Å². The Balaban J connectivity index is 2.82. The normalized spacial score (nSPS) is 22.1. The number of hydrazone groups is 1. The fourth-order valence-electron chi connectivity index (χ4n) is 1.12. The second kappa shape index (κ2) is 4.02. The Morgan fingerprint density at radius 1 is 1.25 bits per heavy atom. The van der Waals surface area contributed by atoms with Crippen LogP contribution in [-0.4, -0.2) is 41.4 Å². The molecule has 0 aliphatic carbocycles. The first-order valence-electron chi connectivity index (χ1n) is 4.39. The first kappa shape index (κ1) is 12.9. The molecule has 94 valence electrons. The average Bonchev–Trinajstić information content (AvgIpc) is 2.47. The molecule has 0 N–H and O–H groups in total. The summed E-state index contributed by atoms with van der Waals surface area (Å²) >= 11 is 0. The molecule has 1 aliphatic rings. The van der Waals surface area contributed by atoms with Crippen LogP contribution in [0.25, 0.3) is 0 Å². The highest BCUT2D eigenvalue weighted by Gasteiger charge is 2.64. The molecule has 9 heteroatoms. The van der Waals surface area contributed by atoms with E-state index in [9.17, 15) is 26.3 Å². The zero-order valence-corrected chi connectivity index (χ0v) is 8.18. The molecule has 3 nitrogen and oxygen atoms in total. The van der Waals surface area contributed by atoms with Crippen molar-refractivity contribution in [3.8, 4) is 0 Å². The lowest BCUT2D eigenvalue weighted by atomic mass is 10.4. The number of hydrogen-bond acceptors (Lipinski definition) is 3. The number of rotatable bonds is 3. The molecule has 0 aromatic carbocycles. The van der Waals surface area contributed by atoms with Gasteiger partial charge in [0.15, 0.2) is 0 Å². The predicted molar refractivity (Wildman–Crippen MR) is 43.2 cm³/mol. The maximum absolute atomic E-state index is 13.2. The third-order valence-electron chi connectivity index (χ3n) is 1.92. The summed E-state index contributed by atoms with van der Waals surface area (Å²) in [5.74, 6) is 0. The molecular weight excluding hydrogens is 240 g/mol. The summed E-state index contributed by atoms with van der Waals surface area (Å²) in [7, 11) is 0. The molecule has 16 heavy (non-hydrogen) atoms. The predicted octanol–water partition coefficient (Wildman–Crippen LogP) is 2.37. The second-order valence-electron chi connectivity index (χ2n) is 3.15. The van der Waals surface area contributed by atoms with Gasteiger partial charge in [0, 0.05) is 6.54 Å². The van der Waals surface area contributed by atoms with Gasteiger partial charge in [-0.3, -0.25) is 0 Å². The maximum atomic E-state index is 13.2. The molecule has 0 radical (unpaired) electrons. The highest BCUT2D eigenvalue weighted by Crippen LogP contribution is 2.40. The van der Waals surface area contributed by atoms with Gasteiger partial charge in [-0.25, -0.2) is 9.91 Å². The minimum Gasteiger partial charge on any atom is -0.245 e. The van der Waals surface area contributed by atoms with Crippen LogP contribution in [0.15, 0.2) is 5.10 Å². The van der Waals surface area contributed by atoms with Crippen molar-refractivity contribution >= 4 is 6.34 Å². The van der Waals surface area contributed by atoms with Crippen LogP contribution in [0.4, 0.5) is 26.3 Å². The van der Waals surface area contributed by atoms with E-state index >= 15 is 0 Å². The Labute approximate surface area is 87.3 Å². The highest BCUT2D eigenvalue weighted by atomic mass is 19.4. The molecule has 0 fully saturated rings. The zero-order chi connectivity index (χ0) is 12.6. The van der Waals surface area contributed by atoms with Gasteiger partial charge < -0.3 is 0 Å². The van der Waals surface area contributed by atoms with Gasteiger partial charge >= 0.3 is 12.2 Å². The first-order chi connectivity index (χ1) is 7.21. The largest absolute Gasteiger partial charge is 0.475 e. The molecule has 1 aliphatic heterocycles. The monoisotopic (exact) mass is 249 g/mol. The SMILES string of the molecule is CCCN1N=CN(C(F)(F)C(F)(F)F)C1F.